The molecule has 1 fully saturated rings. The second kappa shape index (κ2) is 9.61. The lowest BCUT2D eigenvalue weighted by atomic mass is 9.90. The van der Waals surface area contributed by atoms with Gasteiger partial charge in [-0.25, -0.2) is 4.79 Å². The highest BCUT2D eigenvalue weighted by Gasteiger charge is 2.53. The Morgan fingerprint density at radius 1 is 0.969 bits per heavy atom. The highest BCUT2D eigenvalue weighted by Crippen LogP contribution is 2.30. The average molecular weight is 433 g/mol. The summed E-state index contributed by atoms with van der Waals surface area (Å²) in [6.07, 6.45) is 7.93. The van der Waals surface area contributed by atoms with Gasteiger partial charge in [0, 0.05) is 24.5 Å². The van der Waals surface area contributed by atoms with Gasteiger partial charge in [0.2, 0.25) is 0 Å². The van der Waals surface area contributed by atoms with Crippen molar-refractivity contribution in [2.24, 2.45) is 0 Å². The maximum Gasteiger partial charge on any atom is 0.524 e. The van der Waals surface area contributed by atoms with E-state index in [4.69, 9.17) is 4.74 Å². The number of imide groups is 1. The van der Waals surface area contributed by atoms with Gasteiger partial charge < -0.3 is 4.74 Å². The van der Waals surface area contributed by atoms with Crippen LogP contribution in [0.2, 0.25) is 0 Å². The maximum absolute atomic E-state index is 13.2. The van der Waals surface area contributed by atoms with Crippen LogP contribution in [0, 0.1) is 0 Å². The molecular formula is C27H30NO4+. The third-order valence-electron chi connectivity index (χ3n) is 6.82. The molecule has 1 aliphatic carbocycles. The average Bonchev–Trinajstić information content (AvgIpc) is 3.23. The predicted molar refractivity (Wildman–Crippen MR) is 122 cm³/mol. The number of fused-ring (bicyclic) bond motifs is 1. The normalized spacial score (nSPS) is 22.5. The van der Waals surface area contributed by atoms with Crippen LogP contribution in [0.5, 0.6) is 0 Å². The lowest BCUT2D eigenvalue weighted by molar-refractivity contribution is -0.790. The van der Waals surface area contributed by atoms with Crippen LogP contribution in [0.4, 0.5) is 4.79 Å². The molecule has 2 aliphatic rings. The first-order valence-corrected chi connectivity index (χ1v) is 11.5. The molecule has 5 nitrogen and oxygen atoms in total. The van der Waals surface area contributed by atoms with E-state index in [0.717, 1.165) is 37.7 Å². The van der Waals surface area contributed by atoms with Crippen molar-refractivity contribution in [3.8, 4) is 0 Å². The van der Waals surface area contributed by atoms with Crippen molar-refractivity contribution < 1.29 is 23.6 Å². The van der Waals surface area contributed by atoms with E-state index >= 15 is 0 Å². The van der Waals surface area contributed by atoms with E-state index in [1.165, 1.54) is 29.7 Å². The lowest BCUT2D eigenvalue weighted by Gasteiger charge is -2.30. The van der Waals surface area contributed by atoms with Crippen molar-refractivity contribution >= 4 is 17.8 Å². The second-order valence-corrected chi connectivity index (χ2v) is 8.85. The fourth-order valence-corrected chi connectivity index (χ4v) is 4.86. The quantitative estimate of drug-likeness (QED) is 0.372. The zero-order chi connectivity index (χ0) is 22.6. The number of rotatable bonds is 5. The lowest BCUT2D eigenvalue weighted by Crippen LogP contribution is -2.58. The van der Waals surface area contributed by atoms with Crippen LogP contribution in [0.1, 0.15) is 59.7 Å². The van der Waals surface area contributed by atoms with Gasteiger partial charge in [-0.3, -0.25) is 4.79 Å². The van der Waals surface area contributed by atoms with E-state index in [2.05, 4.69) is 0 Å². The third kappa shape index (κ3) is 4.44. The molecule has 0 saturated carbocycles. The number of benzene rings is 2. The fourth-order valence-electron chi connectivity index (χ4n) is 4.86. The molecule has 4 rings (SSSR count). The van der Waals surface area contributed by atoms with Gasteiger partial charge in [-0.2, -0.15) is 9.28 Å². The molecule has 2 aromatic carbocycles. The summed E-state index contributed by atoms with van der Waals surface area (Å²) >= 11 is 0. The first kappa shape index (κ1) is 22.2. The molecule has 2 atom stereocenters. The summed E-state index contributed by atoms with van der Waals surface area (Å²) in [5, 5.41) is 0. The minimum absolute atomic E-state index is 0.122. The number of hydrogen-bond acceptors (Lipinski definition) is 4. The van der Waals surface area contributed by atoms with Gasteiger partial charge in [0.25, 0.3) is 0 Å². The van der Waals surface area contributed by atoms with Crippen molar-refractivity contribution in [3.05, 3.63) is 82.9 Å². The summed E-state index contributed by atoms with van der Waals surface area (Å²) < 4.78 is 5.17. The van der Waals surface area contributed by atoms with Gasteiger partial charge in [-0.1, -0.05) is 42.5 Å². The largest absolute Gasteiger partial charge is 0.524 e. The molecule has 1 saturated heterocycles. The van der Waals surface area contributed by atoms with E-state index in [-0.39, 0.29) is 28.8 Å². The predicted octanol–water partition coefficient (Wildman–Crippen LogP) is 5.17. The molecule has 166 valence electrons. The number of aryl methyl sites for hydroxylation is 2. The minimum atomic E-state index is -0.547. The molecule has 2 aromatic rings. The number of nitrogens with zero attached hydrogens (tertiary/aromatic N) is 1. The number of allylic oxidation sites excluding steroid dienone is 1. The van der Waals surface area contributed by atoms with Crippen molar-refractivity contribution in [2.75, 3.05) is 6.54 Å². The van der Waals surface area contributed by atoms with Gasteiger partial charge in [0.1, 0.15) is 12.6 Å². The topological polar surface area (TPSA) is 60.4 Å². The monoisotopic (exact) mass is 432 g/mol. The molecule has 0 bridgehead atoms. The zero-order valence-corrected chi connectivity index (χ0v) is 18.6. The standard InChI is InChI=1S/C27H30NO4/c1-20-8-7-17-28(20,27(31)32-19-21-9-3-2-4-10-21)26(30)16-15-25(29)24-14-13-22-11-5-6-12-23(22)18-24/h2-4,9-10,13-16,18,20H,5-8,11-12,17,19H2,1H3/q+1/t20-,28?/m1/s1. The van der Waals surface area contributed by atoms with E-state index in [9.17, 15) is 14.4 Å². The van der Waals surface area contributed by atoms with Crippen molar-refractivity contribution in [2.45, 2.75) is 58.1 Å². The fraction of sp³-hybridized carbons (Fsp3) is 0.370. The Morgan fingerprint density at radius 2 is 1.72 bits per heavy atom. The van der Waals surface area contributed by atoms with Gasteiger partial charge >= 0.3 is 12.0 Å². The number of quaternary nitrogens is 1. The van der Waals surface area contributed by atoms with E-state index in [0.29, 0.717) is 12.1 Å². The number of ketones is 1. The van der Waals surface area contributed by atoms with Crippen LogP contribution in [0.3, 0.4) is 0 Å². The number of likely N-dealkylation sites (tertiary alicyclic amines) is 1. The Kier molecular flexibility index (Phi) is 6.66. The molecule has 1 unspecified atom stereocenters. The Hall–Kier alpha value is -3.05. The van der Waals surface area contributed by atoms with Crippen LogP contribution < -0.4 is 0 Å². The molecular weight excluding hydrogens is 402 g/mol. The molecule has 2 amide bonds. The van der Waals surface area contributed by atoms with Gasteiger partial charge in [-0.15, -0.1) is 0 Å². The van der Waals surface area contributed by atoms with Crippen LogP contribution >= 0.6 is 0 Å². The number of hydrogen-bond donors (Lipinski definition) is 0. The summed E-state index contributed by atoms with van der Waals surface area (Å²) in [7, 11) is 0. The number of amides is 2. The summed E-state index contributed by atoms with van der Waals surface area (Å²) in [5.74, 6) is -0.603. The maximum atomic E-state index is 13.2. The molecule has 0 spiro atoms. The molecule has 0 radical (unpaired) electrons. The van der Waals surface area contributed by atoms with Crippen LogP contribution in [-0.2, 0) is 29.0 Å². The number of carbonyl (C=O) groups is 3. The van der Waals surface area contributed by atoms with Crippen molar-refractivity contribution in [1.29, 1.82) is 0 Å². The molecule has 0 aromatic heterocycles. The summed E-state index contributed by atoms with van der Waals surface area (Å²) in [5.41, 5.74) is 3.99. The smallest absolute Gasteiger partial charge is 0.415 e. The minimum Gasteiger partial charge on any atom is -0.415 e. The Balaban J connectivity index is 1.48. The molecule has 32 heavy (non-hydrogen) atoms. The number of carbonyl (C=O) groups excluding carboxylic acids is 3. The molecule has 1 heterocycles. The van der Waals surface area contributed by atoms with E-state index in [1.807, 2.05) is 55.5 Å². The first-order valence-electron chi connectivity index (χ1n) is 11.5. The van der Waals surface area contributed by atoms with Crippen molar-refractivity contribution in [1.82, 2.24) is 0 Å². The highest BCUT2D eigenvalue weighted by molar-refractivity contribution is 6.07. The van der Waals surface area contributed by atoms with Gasteiger partial charge in [-0.05, 0) is 61.4 Å². The van der Waals surface area contributed by atoms with Gasteiger partial charge in [0.05, 0.1) is 6.54 Å². The molecule has 1 aliphatic heterocycles. The Morgan fingerprint density at radius 3 is 2.44 bits per heavy atom. The summed E-state index contributed by atoms with van der Waals surface area (Å²) in [6, 6.07) is 15.0. The summed E-state index contributed by atoms with van der Waals surface area (Å²) in [4.78, 5) is 39.1. The SMILES string of the molecule is C[C@@H]1CCC[N+]1(C(=O)C=CC(=O)c1ccc2c(c1)CCCC2)C(=O)OCc1ccccc1. The van der Waals surface area contributed by atoms with E-state index < -0.39 is 6.09 Å². The third-order valence-corrected chi connectivity index (χ3v) is 6.82. The highest BCUT2D eigenvalue weighted by atomic mass is 16.6. The second-order valence-electron chi connectivity index (χ2n) is 8.85. The van der Waals surface area contributed by atoms with E-state index in [1.54, 1.807) is 0 Å². The zero-order valence-electron chi connectivity index (χ0n) is 18.6. The molecule has 5 heteroatoms. The van der Waals surface area contributed by atoms with Crippen LogP contribution in [0.25, 0.3) is 0 Å². The number of ether oxygens (including phenoxy) is 1. The van der Waals surface area contributed by atoms with Gasteiger partial charge in [0.15, 0.2) is 5.78 Å². The van der Waals surface area contributed by atoms with Crippen LogP contribution in [-0.4, -0.2) is 34.9 Å². The summed E-state index contributed by atoms with van der Waals surface area (Å²) in [6.45, 7) is 2.41. The first-order chi connectivity index (χ1) is 15.5. The Labute approximate surface area is 189 Å². The van der Waals surface area contributed by atoms with Crippen LogP contribution in [0.15, 0.2) is 60.7 Å². The van der Waals surface area contributed by atoms with Crippen molar-refractivity contribution in [3.63, 3.8) is 0 Å². The Bertz CT molecular complexity index is 1040. The molecule has 0 N–H and O–H groups in total.